The molecule has 0 aromatic rings. The van der Waals surface area contributed by atoms with Crippen LogP contribution in [0.5, 0.6) is 0 Å². The summed E-state index contributed by atoms with van der Waals surface area (Å²) in [7, 11) is -3.86. The van der Waals surface area contributed by atoms with E-state index in [4.69, 9.17) is 20.6 Å². The molecule has 1 unspecified atom stereocenters. The van der Waals surface area contributed by atoms with Crippen LogP contribution in [-0.2, 0) is 18.4 Å². The molecule has 0 rings (SSSR count). The Balaban J connectivity index is 5.21. The topological polar surface area (TPSA) is 72.8 Å². The Hall–Kier alpha value is -0.0900. The van der Waals surface area contributed by atoms with Gasteiger partial charge in [0, 0.05) is 0 Å². The summed E-state index contributed by atoms with van der Waals surface area (Å²) in [6.07, 6.45) is 1.34. The summed E-state index contributed by atoms with van der Waals surface area (Å²) in [6, 6.07) is 0. The van der Waals surface area contributed by atoms with Gasteiger partial charge in [0.15, 0.2) is 0 Å². The maximum atomic E-state index is 12.4. The van der Waals surface area contributed by atoms with Crippen molar-refractivity contribution < 1.29 is 23.5 Å². The molecule has 1 N–H and O–H groups in total. The second-order valence-electron chi connectivity index (χ2n) is 3.50. The van der Waals surface area contributed by atoms with E-state index in [0.717, 1.165) is 6.42 Å². The molecule has 0 aromatic heterocycles. The van der Waals surface area contributed by atoms with E-state index >= 15 is 0 Å². The van der Waals surface area contributed by atoms with Crippen molar-refractivity contribution in [1.29, 1.82) is 0 Å². The van der Waals surface area contributed by atoms with E-state index in [1.165, 1.54) is 0 Å². The summed E-state index contributed by atoms with van der Waals surface area (Å²) < 4.78 is 20.5. The molecule has 1 atom stereocenters. The summed E-state index contributed by atoms with van der Waals surface area (Å²) in [4.78, 5) is 11.3. The summed E-state index contributed by atoms with van der Waals surface area (Å²) in [5.41, 5.74) is 0. The molecule has 7 heteroatoms. The molecule has 0 aliphatic heterocycles. The van der Waals surface area contributed by atoms with Gasteiger partial charge < -0.3 is 14.2 Å². The molecule has 0 radical (unpaired) electrons. The smallest absolute Gasteiger partial charge is 0.362 e. The van der Waals surface area contributed by atoms with Crippen LogP contribution in [0.15, 0.2) is 0 Å². The monoisotopic (exact) mass is 286 g/mol. The van der Waals surface area contributed by atoms with Crippen molar-refractivity contribution in [2.45, 2.75) is 44.6 Å². The lowest BCUT2D eigenvalue weighted by atomic mass is 10.2. The highest BCUT2D eigenvalue weighted by Crippen LogP contribution is 2.64. The zero-order chi connectivity index (χ0) is 13.5. The number of aliphatic carboxylic acids is 1. The van der Waals surface area contributed by atoms with Gasteiger partial charge in [-0.2, -0.15) is 0 Å². The number of unbranched alkanes of at least 4 members (excludes halogenated alkanes) is 1. The number of rotatable bonds is 9. The van der Waals surface area contributed by atoms with Crippen LogP contribution in [0.4, 0.5) is 0 Å². The van der Waals surface area contributed by atoms with Gasteiger partial charge in [-0.15, -0.1) is 0 Å². The van der Waals surface area contributed by atoms with E-state index in [2.05, 4.69) is 0 Å². The van der Waals surface area contributed by atoms with Crippen molar-refractivity contribution in [1.82, 2.24) is 0 Å². The molecule has 0 fully saturated rings. The maximum absolute atomic E-state index is 12.4. The van der Waals surface area contributed by atoms with Gasteiger partial charge in [-0.1, -0.05) is 31.4 Å². The number of hydrogen-bond donors (Lipinski definition) is 1. The molecule has 0 aromatic carbocycles. The van der Waals surface area contributed by atoms with Crippen molar-refractivity contribution >= 4 is 25.2 Å². The van der Waals surface area contributed by atoms with Crippen LogP contribution in [0.25, 0.3) is 0 Å². The van der Waals surface area contributed by atoms with Crippen LogP contribution in [0.2, 0.25) is 0 Å². The van der Waals surface area contributed by atoms with Crippen molar-refractivity contribution in [3.8, 4) is 0 Å². The third kappa shape index (κ3) is 3.95. The standard InChI is InChI=1S/C10H20ClO5P/c1-4-7-8-10(11,9(12)13)17(14,15-5-2)16-6-3/h4-8H2,1-3H3,(H,12,13). The third-order valence-corrected chi connectivity index (χ3v) is 5.67. The fourth-order valence-corrected chi connectivity index (χ4v) is 3.61. The molecule has 0 spiro atoms. The summed E-state index contributed by atoms with van der Waals surface area (Å²) in [6.45, 7) is 5.30. The SMILES string of the molecule is CCCCC(Cl)(C(=O)O)P(=O)(OCC)OCC. The molecule has 17 heavy (non-hydrogen) atoms. The van der Waals surface area contributed by atoms with Crippen LogP contribution in [0, 0.1) is 0 Å². The van der Waals surface area contributed by atoms with Crippen LogP contribution < -0.4 is 0 Å². The quantitative estimate of drug-likeness (QED) is 0.519. The van der Waals surface area contributed by atoms with Crippen molar-refractivity contribution in [3.05, 3.63) is 0 Å². The van der Waals surface area contributed by atoms with Crippen molar-refractivity contribution in [2.24, 2.45) is 0 Å². The Bertz CT molecular complexity index is 286. The largest absolute Gasteiger partial charge is 0.479 e. The average molecular weight is 287 g/mol. The Morgan fingerprint density at radius 1 is 1.29 bits per heavy atom. The first-order valence-electron chi connectivity index (χ1n) is 5.69. The molecule has 0 saturated carbocycles. The number of carboxylic acids is 1. The summed E-state index contributed by atoms with van der Waals surface area (Å²) in [5, 5.41) is 9.18. The van der Waals surface area contributed by atoms with Gasteiger partial charge in [0.1, 0.15) is 0 Å². The predicted molar refractivity (Wildman–Crippen MR) is 66.6 cm³/mol. The normalized spacial score (nSPS) is 15.5. The van der Waals surface area contributed by atoms with Crippen LogP contribution >= 0.6 is 19.2 Å². The van der Waals surface area contributed by atoms with E-state index in [0.29, 0.717) is 6.42 Å². The van der Waals surface area contributed by atoms with Gasteiger partial charge in [0.2, 0.25) is 4.62 Å². The first-order valence-corrected chi connectivity index (χ1v) is 7.61. The molecular weight excluding hydrogens is 267 g/mol. The number of halogens is 1. The number of carboxylic acid groups (broad SMARTS) is 1. The lowest BCUT2D eigenvalue weighted by Crippen LogP contribution is -2.34. The fraction of sp³-hybridized carbons (Fsp3) is 0.900. The van der Waals surface area contributed by atoms with E-state index in [-0.39, 0.29) is 19.6 Å². The highest BCUT2D eigenvalue weighted by Gasteiger charge is 2.55. The Labute approximate surface area is 107 Å². The lowest BCUT2D eigenvalue weighted by Gasteiger charge is -2.30. The third-order valence-electron chi connectivity index (χ3n) is 2.22. The Kier molecular flexibility index (Phi) is 7.33. The van der Waals surface area contributed by atoms with Gasteiger partial charge >= 0.3 is 13.6 Å². The lowest BCUT2D eigenvalue weighted by molar-refractivity contribution is -0.138. The first kappa shape index (κ1) is 16.9. The number of hydrogen-bond acceptors (Lipinski definition) is 4. The molecule has 0 amide bonds. The number of carbonyl (C=O) groups is 1. The minimum absolute atomic E-state index is 0.0532. The fourth-order valence-electron chi connectivity index (χ4n) is 1.35. The maximum Gasteiger partial charge on any atom is 0.362 e. The van der Waals surface area contributed by atoms with Crippen LogP contribution in [0.1, 0.15) is 40.0 Å². The molecular formula is C10H20ClO5P. The van der Waals surface area contributed by atoms with Crippen LogP contribution in [0.3, 0.4) is 0 Å². The Morgan fingerprint density at radius 2 is 1.76 bits per heavy atom. The van der Waals surface area contributed by atoms with E-state index in [1.807, 2.05) is 6.92 Å². The molecule has 0 aliphatic carbocycles. The highest BCUT2D eigenvalue weighted by atomic mass is 35.5. The first-order chi connectivity index (χ1) is 7.88. The van der Waals surface area contributed by atoms with Gasteiger partial charge in [0.05, 0.1) is 13.2 Å². The minimum atomic E-state index is -3.86. The summed E-state index contributed by atoms with van der Waals surface area (Å²) >= 11 is 6.01. The second-order valence-corrected chi connectivity index (χ2v) is 6.68. The second kappa shape index (κ2) is 7.37. The molecule has 0 aliphatic rings. The molecule has 0 saturated heterocycles. The van der Waals surface area contributed by atoms with Crippen LogP contribution in [-0.4, -0.2) is 28.9 Å². The van der Waals surface area contributed by atoms with Gasteiger partial charge in [-0.25, -0.2) is 4.79 Å². The van der Waals surface area contributed by atoms with Crippen molar-refractivity contribution in [3.63, 3.8) is 0 Å². The Morgan fingerprint density at radius 3 is 2.06 bits per heavy atom. The minimum Gasteiger partial charge on any atom is -0.479 e. The molecule has 5 nitrogen and oxygen atoms in total. The van der Waals surface area contributed by atoms with E-state index in [1.54, 1.807) is 13.8 Å². The van der Waals surface area contributed by atoms with Gasteiger partial charge in [0.25, 0.3) is 0 Å². The van der Waals surface area contributed by atoms with Gasteiger partial charge in [-0.3, -0.25) is 4.57 Å². The van der Waals surface area contributed by atoms with E-state index < -0.39 is 18.2 Å². The number of alkyl halides is 1. The summed E-state index contributed by atoms with van der Waals surface area (Å²) in [5.74, 6) is -1.36. The average Bonchev–Trinajstić information content (AvgIpc) is 2.26. The highest BCUT2D eigenvalue weighted by molar-refractivity contribution is 7.59. The molecule has 0 heterocycles. The van der Waals surface area contributed by atoms with Crippen molar-refractivity contribution in [2.75, 3.05) is 13.2 Å². The molecule has 0 bridgehead atoms. The van der Waals surface area contributed by atoms with Gasteiger partial charge in [-0.05, 0) is 20.3 Å². The zero-order valence-corrected chi connectivity index (χ0v) is 12.1. The molecule has 102 valence electrons. The predicted octanol–water partition coefficient (Wildman–Crippen LogP) is 3.46. The van der Waals surface area contributed by atoms with E-state index in [9.17, 15) is 14.5 Å². The zero-order valence-electron chi connectivity index (χ0n) is 10.4.